The van der Waals surface area contributed by atoms with Gasteiger partial charge in [-0.3, -0.25) is 14.9 Å². The number of pyridine rings is 1. The van der Waals surface area contributed by atoms with E-state index in [1.54, 1.807) is 0 Å². The lowest BCUT2D eigenvalue weighted by Crippen LogP contribution is -2.38. The minimum Gasteiger partial charge on any atom is -0.357 e. The maximum absolute atomic E-state index is 11.8. The molecular weight excluding hydrogens is 272 g/mol. The molecule has 102 valence electrons. The maximum Gasteiger partial charge on any atom is 0.289 e. The zero-order valence-electron chi connectivity index (χ0n) is 10.1. The Kier molecular flexibility index (Phi) is 4.16. The monoisotopic (exact) mass is 284 g/mol. The Hall–Kier alpha value is -1.89. The number of rotatable bonds is 3. The van der Waals surface area contributed by atoms with E-state index in [1.165, 1.54) is 6.07 Å². The average molecular weight is 285 g/mol. The Balaban J connectivity index is 2.14. The zero-order valence-corrected chi connectivity index (χ0v) is 10.8. The van der Waals surface area contributed by atoms with Crippen LogP contribution in [0.5, 0.6) is 0 Å². The van der Waals surface area contributed by atoms with E-state index in [1.807, 2.05) is 0 Å². The van der Waals surface area contributed by atoms with E-state index >= 15 is 0 Å². The molecule has 8 heteroatoms. The van der Waals surface area contributed by atoms with Crippen LogP contribution in [-0.2, 0) is 4.79 Å². The fourth-order valence-corrected chi connectivity index (χ4v) is 2.09. The van der Waals surface area contributed by atoms with Crippen LogP contribution in [-0.4, -0.2) is 28.4 Å². The van der Waals surface area contributed by atoms with Crippen molar-refractivity contribution >= 4 is 29.0 Å². The average Bonchev–Trinajstić information content (AvgIpc) is 2.57. The van der Waals surface area contributed by atoms with Crippen molar-refractivity contribution < 1.29 is 9.72 Å². The van der Waals surface area contributed by atoms with Gasteiger partial charge in [-0.2, -0.15) is 0 Å². The molecule has 2 heterocycles. The number of carbonyl (C=O) groups is 1. The number of amides is 1. The van der Waals surface area contributed by atoms with Crippen molar-refractivity contribution in [3.8, 4) is 0 Å². The molecule has 1 fully saturated rings. The Labute approximate surface area is 114 Å². The second-order valence-electron chi connectivity index (χ2n) is 4.26. The molecule has 1 aliphatic heterocycles. The van der Waals surface area contributed by atoms with Crippen molar-refractivity contribution in [2.75, 3.05) is 11.9 Å². The van der Waals surface area contributed by atoms with Crippen LogP contribution in [0.25, 0.3) is 0 Å². The third-order valence-electron chi connectivity index (χ3n) is 2.88. The van der Waals surface area contributed by atoms with Crippen LogP contribution in [0.2, 0.25) is 5.02 Å². The molecule has 0 aromatic carbocycles. The van der Waals surface area contributed by atoms with Gasteiger partial charge < -0.3 is 10.6 Å². The summed E-state index contributed by atoms with van der Waals surface area (Å²) < 4.78 is 0. The summed E-state index contributed by atoms with van der Waals surface area (Å²) >= 11 is 5.92. The standard InChI is InChI=1S/C11H13ClN4O3/c12-8-5-7(16(18)19)6-14-10(8)15-9-3-1-2-4-13-11(9)17/h5-6,9H,1-4H2,(H,13,17)(H,14,15)/t9-/m0/s1. The van der Waals surface area contributed by atoms with Crippen molar-refractivity contribution in [3.05, 3.63) is 27.4 Å². The van der Waals surface area contributed by atoms with Crippen LogP contribution in [0.3, 0.4) is 0 Å². The zero-order chi connectivity index (χ0) is 13.8. The molecule has 7 nitrogen and oxygen atoms in total. The lowest BCUT2D eigenvalue weighted by atomic mass is 10.1. The quantitative estimate of drug-likeness (QED) is 0.651. The largest absolute Gasteiger partial charge is 0.357 e. The van der Waals surface area contributed by atoms with E-state index in [0.717, 1.165) is 19.0 Å². The number of hydrogen-bond donors (Lipinski definition) is 2. The first-order valence-corrected chi connectivity index (χ1v) is 6.30. The molecule has 0 bridgehead atoms. The van der Waals surface area contributed by atoms with Gasteiger partial charge in [0.15, 0.2) is 0 Å². The van der Waals surface area contributed by atoms with Crippen LogP contribution in [0.15, 0.2) is 12.3 Å². The second kappa shape index (κ2) is 5.83. The smallest absolute Gasteiger partial charge is 0.289 e. The molecule has 0 radical (unpaired) electrons. The molecule has 1 aromatic heterocycles. The molecule has 0 saturated carbocycles. The molecule has 1 atom stereocenters. The summed E-state index contributed by atoms with van der Waals surface area (Å²) in [6.07, 6.45) is 3.65. The number of nitro groups is 1. The summed E-state index contributed by atoms with van der Waals surface area (Å²) in [5.74, 6) is 0.183. The van der Waals surface area contributed by atoms with Gasteiger partial charge in [0.1, 0.15) is 18.1 Å². The highest BCUT2D eigenvalue weighted by Gasteiger charge is 2.22. The summed E-state index contributed by atoms with van der Waals surface area (Å²) in [5, 5.41) is 16.4. The van der Waals surface area contributed by atoms with E-state index in [2.05, 4.69) is 15.6 Å². The predicted octanol–water partition coefficient (Wildman–Crippen LogP) is 1.72. The highest BCUT2D eigenvalue weighted by atomic mass is 35.5. The third-order valence-corrected chi connectivity index (χ3v) is 3.17. The van der Waals surface area contributed by atoms with Gasteiger partial charge in [0, 0.05) is 12.6 Å². The molecule has 1 aromatic rings. The van der Waals surface area contributed by atoms with Gasteiger partial charge in [0.2, 0.25) is 5.91 Å². The van der Waals surface area contributed by atoms with Crippen LogP contribution in [0.1, 0.15) is 19.3 Å². The molecule has 0 aliphatic carbocycles. The highest BCUT2D eigenvalue weighted by molar-refractivity contribution is 6.33. The summed E-state index contributed by atoms with van der Waals surface area (Å²) in [6.45, 7) is 0.665. The minimum absolute atomic E-state index is 0.103. The molecule has 1 amide bonds. The number of anilines is 1. The first kappa shape index (κ1) is 13.5. The molecule has 2 rings (SSSR count). The van der Waals surface area contributed by atoms with Gasteiger partial charge in [-0.15, -0.1) is 0 Å². The Morgan fingerprint density at radius 1 is 1.53 bits per heavy atom. The molecule has 1 aliphatic rings. The minimum atomic E-state index is -0.568. The number of nitrogens with zero attached hydrogens (tertiary/aromatic N) is 2. The number of halogens is 1. The molecule has 0 unspecified atom stereocenters. The van der Waals surface area contributed by atoms with Gasteiger partial charge >= 0.3 is 0 Å². The first-order valence-electron chi connectivity index (χ1n) is 5.92. The van der Waals surface area contributed by atoms with Gasteiger partial charge in [-0.05, 0) is 19.3 Å². The lowest BCUT2D eigenvalue weighted by molar-refractivity contribution is -0.385. The van der Waals surface area contributed by atoms with E-state index < -0.39 is 11.0 Å². The number of carbonyl (C=O) groups excluding carboxylic acids is 1. The second-order valence-corrected chi connectivity index (χ2v) is 4.67. The van der Waals surface area contributed by atoms with Crippen LogP contribution in [0, 0.1) is 10.1 Å². The molecule has 2 N–H and O–H groups in total. The highest BCUT2D eigenvalue weighted by Crippen LogP contribution is 2.25. The van der Waals surface area contributed by atoms with Crippen LogP contribution in [0.4, 0.5) is 11.5 Å². The van der Waals surface area contributed by atoms with E-state index in [0.29, 0.717) is 13.0 Å². The van der Waals surface area contributed by atoms with Gasteiger partial charge in [-0.1, -0.05) is 11.6 Å². The maximum atomic E-state index is 11.8. The number of aromatic nitrogens is 1. The summed E-state index contributed by atoms with van der Waals surface area (Å²) in [5.41, 5.74) is -0.180. The number of hydrogen-bond acceptors (Lipinski definition) is 5. The first-order chi connectivity index (χ1) is 9.08. The third kappa shape index (κ3) is 3.31. The van der Waals surface area contributed by atoms with Crippen molar-refractivity contribution in [1.82, 2.24) is 10.3 Å². The Morgan fingerprint density at radius 3 is 3.00 bits per heavy atom. The van der Waals surface area contributed by atoms with E-state index in [-0.39, 0.29) is 22.4 Å². The summed E-state index contributed by atoms with van der Waals surface area (Å²) in [6, 6.07) is 0.805. The Bertz CT molecular complexity index is 509. The molecule has 1 saturated heterocycles. The topological polar surface area (TPSA) is 97.2 Å². The molecule has 19 heavy (non-hydrogen) atoms. The van der Waals surface area contributed by atoms with E-state index in [9.17, 15) is 14.9 Å². The Morgan fingerprint density at radius 2 is 2.32 bits per heavy atom. The van der Waals surface area contributed by atoms with Crippen LogP contribution < -0.4 is 10.6 Å². The van der Waals surface area contributed by atoms with E-state index in [4.69, 9.17) is 11.6 Å². The fourth-order valence-electron chi connectivity index (χ4n) is 1.88. The summed E-state index contributed by atoms with van der Waals surface area (Å²) in [4.78, 5) is 25.7. The number of nitrogens with one attached hydrogen (secondary N) is 2. The van der Waals surface area contributed by atoms with Crippen molar-refractivity contribution in [3.63, 3.8) is 0 Å². The summed E-state index contributed by atoms with van der Waals surface area (Å²) in [7, 11) is 0. The lowest BCUT2D eigenvalue weighted by Gasteiger charge is -2.16. The van der Waals surface area contributed by atoms with Crippen molar-refractivity contribution in [2.45, 2.75) is 25.3 Å². The van der Waals surface area contributed by atoms with Gasteiger partial charge in [-0.25, -0.2) is 4.98 Å². The van der Waals surface area contributed by atoms with Gasteiger partial charge in [0.05, 0.1) is 9.95 Å². The molecule has 0 spiro atoms. The van der Waals surface area contributed by atoms with Crippen LogP contribution >= 0.6 is 11.6 Å². The van der Waals surface area contributed by atoms with Gasteiger partial charge in [0.25, 0.3) is 5.69 Å². The predicted molar refractivity (Wildman–Crippen MR) is 70.2 cm³/mol. The van der Waals surface area contributed by atoms with Crippen molar-refractivity contribution in [1.29, 1.82) is 0 Å². The van der Waals surface area contributed by atoms with Crippen molar-refractivity contribution in [2.24, 2.45) is 0 Å². The SMILES string of the molecule is O=C1NCCCC[C@@H]1Nc1ncc([N+](=O)[O-])cc1Cl. The normalized spacial score (nSPS) is 19.4. The molecular formula is C11H13ClN4O3. The fraction of sp³-hybridized carbons (Fsp3) is 0.455.